The minimum atomic E-state index is -1.15. The molecule has 4 aromatic carbocycles. The molecule has 0 saturated heterocycles. The molecule has 35 heavy (non-hydrogen) atoms. The summed E-state index contributed by atoms with van der Waals surface area (Å²) in [6, 6.07) is 36.3. The topological polar surface area (TPSA) is 61.8 Å². The van der Waals surface area contributed by atoms with E-state index in [0.29, 0.717) is 11.3 Å². The number of imidazole rings is 1. The number of rotatable bonds is 6. The van der Waals surface area contributed by atoms with E-state index in [1.54, 1.807) is 24.7 Å². The first-order valence-electron chi connectivity index (χ1n) is 11.2. The highest BCUT2D eigenvalue weighted by molar-refractivity contribution is 5.51. The van der Waals surface area contributed by atoms with Crippen LogP contribution in [0.5, 0.6) is 0 Å². The Kier molecular flexibility index (Phi) is 5.97. The molecule has 1 heterocycles. The maximum atomic E-state index is 14.2. The molecule has 0 aliphatic heterocycles. The number of halogens is 1. The predicted molar refractivity (Wildman–Crippen MR) is 132 cm³/mol. The van der Waals surface area contributed by atoms with Gasteiger partial charge in [-0.2, -0.15) is 5.26 Å². The number of aliphatic hydroxyl groups excluding tert-OH is 1. The number of nitrogens with zero attached hydrogens (tertiary/aromatic N) is 3. The van der Waals surface area contributed by atoms with Gasteiger partial charge in [0.15, 0.2) is 0 Å². The molecular weight excluding hydrogens is 437 g/mol. The Labute approximate surface area is 203 Å². The largest absolute Gasteiger partial charge is 0.382 e. The van der Waals surface area contributed by atoms with Gasteiger partial charge < -0.3 is 9.67 Å². The standard InChI is InChI=1S/C30H22FN3O/c31-27-18-22(16-17-23(27)19-32)29(35)28-20-34(21-33-28)30(24-10-4-1-5-11-24,25-12-6-2-7-13-25)26-14-8-3-9-15-26/h1-18,20-21,29,35H. The molecule has 1 aromatic heterocycles. The smallest absolute Gasteiger partial charge is 0.141 e. The lowest BCUT2D eigenvalue weighted by Crippen LogP contribution is -2.37. The molecule has 1 atom stereocenters. The van der Waals surface area contributed by atoms with Crippen molar-refractivity contribution >= 4 is 0 Å². The molecule has 0 aliphatic rings. The molecule has 5 rings (SSSR count). The summed E-state index contributed by atoms with van der Waals surface area (Å²) in [7, 11) is 0. The van der Waals surface area contributed by atoms with Crippen LogP contribution in [0.15, 0.2) is 122 Å². The summed E-state index contributed by atoms with van der Waals surface area (Å²) in [6.45, 7) is 0. The van der Waals surface area contributed by atoms with Gasteiger partial charge in [-0.1, -0.05) is 97.1 Å². The van der Waals surface area contributed by atoms with Crippen LogP contribution >= 0.6 is 0 Å². The van der Waals surface area contributed by atoms with Crippen LogP contribution in [0, 0.1) is 17.1 Å². The number of hydrogen-bond acceptors (Lipinski definition) is 3. The fourth-order valence-electron chi connectivity index (χ4n) is 4.61. The molecule has 0 fully saturated rings. The van der Waals surface area contributed by atoms with Crippen molar-refractivity contribution in [1.82, 2.24) is 9.55 Å². The molecule has 1 N–H and O–H groups in total. The Morgan fingerprint density at radius 1 is 0.800 bits per heavy atom. The third kappa shape index (κ3) is 3.90. The van der Waals surface area contributed by atoms with E-state index in [4.69, 9.17) is 5.26 Å². The maximum absolute atomic E-state index is 14.2. The lowest BCUT2D eigenvalue weighted by Gasteiger charge is -2.37. The Balaban J connectivity index is 1.71. The van der Waals surface area contributed by atoms with Crippen LogP contribution in [0.1, 0.15) is 39.6 Å². The summed E-state index contributed by atoms with van der Waals surface area (Å²) >= 11 is 0. The van der Waals surface area contributed by atoms with Crippen molar-refractivity contribution in [2.45, 2.75) is 11.6 Å². The lowest BCUT2D eigenvalue weighted by atomic mass is 9.77. The second kappa shape index (κ2) is 9.38. The number of aliphatic hydroxyl groups is 1. The first-order chi connectivity index (χ1) is 17.1. The summed E-state index contributed by atoms with van der Waals surface area (Å²) in [4.78, 5) is 4.53. The molecule has 0 radical (unpaired) electrons. The van der Waals surface area contributed by atoms with E-state index >= 15 is 0 Å². The monoisotopic (exact) mass is 459 g/mol. The van der Waals surface area contributed by atoms with Gasteiger partial charge in [0.05, 0.1) is 17.6 Å². The summed E-state index contributed by atoms with van der Waals surface area (Å²) in [6.07, 6.45) is 2.35. The van der Waals surface area contributed by atoms with Crippen LogP contribution in [0.2, 0.25) is 0 Å². The second-order valence-corrected chi connectivity index (χ2v) is 8.27. The Hall–Kier alpha value is -4.53. The number of nitriles is 1. The molecule has 170 valence electrons. The molecule has 1 unspecified atom stereocenters. The van der Waals surface area contributed by atoms with E-state index in [2.05, 4.69) is 41.4 Å². The van der Waals surface area contributed by atoms with Gasteiger partial charge in [0.2, 0.25) is 0 Å². The zero-order chi connectivity index (χ0) is 24.3. The predicted octanol–water partition coefficient (Wildman–Crippen LogP) is 5.82. The molecule has 5 aromatic rings. The number of hydrogen-bond donors (Lipinski definition) is 1. The molecule has 0 amide bonds. The number of aromatic nitrogens is 2. The van der Waals surface area contributed by atoms with Crippen molar-refractivity contribution in [2.24, 2.45) is 0 Å². The molecule has 0 saturated carbocycles. The quantitative estimate of drug-likeness (QED) is 0.326. The average Bonchev–Trinajstić information content (AvgIpc) is 3.41. The third-order valence-corrected chi connectivity index (χ3v) is 6.27. The molecule has 5 heteroatoms. The Morgan fingerprint density at radius 2 is 1.31 bits per heavy atom. The molecular formula is C30H22FN3O. The second-order valence-electron chi connectivity index (χ2n) is 8.27. The van der Waals surface area contributed by atoms with E-state index in [9.17, 15) is 9.50 Å². The van der Waals surface area contributed by atoms with Crippen molar-refractivity contribution in [3.63, 3.8) is 0 Å². The van der Waals surface area contributed by atoms with Gasteiger partial charge in [-0.25, -0.2) is 9.37 Å². The first kappa shape index (κ1) is 22.3. The molecule has 0 spiro atoms. The summed E-state index contributed by atoms with van der Waals surface area (Å²) in [5.74, 6) is -0.671. The fourth-order valence-corrected chi connectivity index (χ4v) is 4.61. The molecule has 4 nitrogen and oxygen atoms in total. The van der Waals surface area contributed by atoms with Gasteiger partial charge in [-0.3, -0.25) is 0 Å². The minimum absolute atomic E-state index is 0.0669. The highest BCUT2D eigenvalue weighted by atomic mass is 19.1. The summed E-state index contributed by atoms with van der Waals surface area (Å²) in [5.41, 5.74) is 2.96. The van der Waals surface area contributed by atoms with Crippen LogP contribution in [-0.2, 0) is 5.54 Å². The molecule has 0 aliphatic carbocycles. The van der Waals surface area contributed by atoms with Gasteiger partial charge >= 0.3 is 0 Å². The number of benzene rings is 4. The van der Waals surface area contributed by atoms with Crippen molar-refractivity contribution < 1.29 is 9.50 Å². The maximum Gasteiger partial charge on any atom is 0.141 e. The van der Waals surface area contributed by atoms with E-state index in [-0.39, 0.29) is 5.56 Å². The highest BCUT2D eigenvalue weighted by Gasteiger charge is 2.38. The fraction of sp³-hybridized carbons (Fsp3) is 0.0667. The van der Waals surface area contributed by atoms with Crippen LogP contribution in [0.25, 0.3) is 0 Å². The Morgan fingerprint density at radius 3 is 1.77 bits per heavy atom. The first-order valence-corrected chi connectivity index (χ1v) is 11.2. The SMILES string of the molecule is N#Cc1ccc(C(O)c2cn(C(c3ccccc3)(c3ccccc3)c3ccccc3)cn2)cc1F. The third-order valence-electron chi connectivity index (χ3n) is 6.27. The highest BCUT2D eigenvalue weighted by Crippen LogP contribution is 2.41. The average molecular weight is 460 g/mol. The van der Waals surface area contributed by atoms with Gasteiger partial charge in [-0.15, -0.1) is 0 Å². The summed E-state index contributed by atoms with van der Waals surface area (Å²) in [5, 5.41) is 20.1. The van der Waals surface area contributed by atoms with Crippen molar-refractivity contribution in [1.29, 1.82) is 5.26 Å². The van der Waals surface area contributed by atoms with Crippen LogP contribution in [0.4, 0.5) is 4.39 Å². The van der Waals surface area contributed by atoms with Gasteiger partial charge in [-0.05, 0) is 34.4 Å². The van der Waals surface area contributed by atoms with Gasteiger partial charge in [0.25, 0.3) is 0 Å². The van der Waals surface area contributed by atoms with Crippen LogP contribution in [0.3, 0.4) is 0 Å². The van der Waals surface area contributed by atoms with E-state index in [1.165, 1.54) is 12.1 Å². The van der Waals surface area contributed by atoms with Gasteiger partial charge in [0.1, 0.15) is 23.5 Å². The van der Waals surface area contributed by atoms with Crippen molar-refractivity contribution in [3.8, 4) is 6.07 Å². The Bertz CT molecular complexity index is 1380. The van der Waals surface area contributed by atoms with E-state index in [1.807, 2.05) is 59.2 Å². The summed E-state index contributed by atoms with van der Waals surface area (Å²) < 4.78 is 16.2. The zero-order valence-corrected chi connectivity index (χ0v) is 18.8. The van der Waals surface area contributed by atoms with Crippen molar-refractivity contribution in [2.75, 3.05) is 0 Å². The zero-order valence-electron chi connectivity index (χ0n) is 18.8. The van der Waals surface area contributed by atoms with E-state index < -0.39 is 17.5 Å². The normalized spacial score (nSPS) is 12.1. The van der Waals surface area contributed by atoms with Crippen LogP contribution < -0.4 is 0 Å². The molecule has 0 bridgehead atoms. The minimum Gasteiger partial charge on any atom is -0.382 e. The lowest BCUT2D eigenvalue weighted by molar-refractivity contribution is 0.215. The van der Waals surface area contributed by atoms with Crippen molar-refractivity contribution in [3.05, 3.63) is 161 Å². The van der Waals surface area contributed by atoms with E-state index in [0.717, 1.165) is 16.7 Å². The van der Waals surface area contributed by atoms with Gasteiger partial charge in [0, 0.05) is 6.20 Å². The van der Waals surface area contributed by atoms with Crippen LogP contribution in [-0.4, -0.2) is 14.7 Å².